The van der Waals surface area contributed by atoms with Crippen molar-refractivity contribution in [2.45, 2.75) is 25.8 Å². The van der Waals surface area contributed by atoms with E-state index in [9.17, 15) is 4.79 Å². The summed E-state index contributed by atoms with van der Waals surface area (Å²) in [6.45, 7) is 2.27. The summed E-state index contributed by atoms with van der Waals surface area (Å²) in [5.41, 5.74) is 3.84. The van der Waals surface area contributed by atoms with Crippen LogP contribution in [0.25, 0.3) is 0 Å². The molecular formula is C13H18N2O2. The minimum atomic E-state index is -0.759. The van der Waals surface area contributed by atoms with Gasteiger partial charge in [-0.2, -0.15) is 0 Å². The quantitative estimate of drug-likeness (QED) is 0.677. The summed E-state index contributed by atoms with van der Waals surface area (Å²) in [5.74, 6) is -0.759. The van der Waals surface area contributed by atoms with Crippen LogP contribution in [0, 0.1) is 0 Å². The highest BCUT2D eigenvalue weighted by atomic mass is 16.4. The first kappa shape index (κ1) is 11.9. The van der Waals surface area contributed by atoms with Gasteiger partial charge in [0.2, 0.25) is 0 Å². The summed E-state index contributed by atoms with van der Waals surface area (Å²) in [7, 11) is 0. The number of anilines is 1. The fraction of sp³-hybridized carbons (Fsp3) is 0.462. The Balaban J connectivity index is 1.94. The molecule has 1 aliphatic rings. The molecule has 4 nitrogen and oxygen atoms in total. The Labute approximate surface area is 101 Å². The third kappa shape index (κ3) is 3.20. The van der Waals surface area contributed by atoms with Gasteiger partial charge in [-0.1, -0.05) is 18.2 Å². The highest BCUT2D eigenvalue weighted by Crippen LogP contribution is 2.25. The molecule has 1 heterocycles. The molecule has 0 unspecified atom stereocenters. The van der Waals surface area contributed by atoms with Gasteiger partial charge in [-0.3, -0.25) is 4.79 Å². The molecule has 1 aromatic rings. The number of carbonyl (C=O) groups is 1. The first-order valence-corrected chi connectivity index (χ1v) is 6.04. The Morgan fingerprint density at radius 2 is 2.35 bits per heavy atom. The molecule has 0 saturated heterocycles. The van der Waals surface area contributed by atoms with Gasteiger partial charge in [-0.05, 0) is 24.0 Å². The standard InChI is InChI=1S/C13H18N2O2/c16-12(17)6-8-14-9-11-4-1-3-10-5-2-7-15-13(10)11/h1,3-4,14-15H,2,5-9H2,(H,16,17). The summed E-state index contributed by atoms with van der Waals surface area (Å²) in [6.07, 6.45) is 2.48. The fourth-order valence-electron chi connectivity index (χ4n) is 2.15. The van der Waals surface area contributed by atoms with E-state index in [4.69, 9.17) is 5.11 Å². The minimum absolute atomic E-state index is 0.169. The van der Waals surface area contributed by atoms with E-state index < -0.39 is 5.97 Å². The number of hydrogen-bond donors (Lipinski definition) is 3. The molecule has 92 valence electrons. The maximum atomic E-state index is 10.4. The largest absolute Gasteiger partial charge is 0.481 e. The van der Waals surface area contributed by atoms with Crippen molar-refractivity contribution in [2.24, 2.45) is 0 Å². The first-order valence-electron chi connectivity index (χ1n) is 6.04. The summed E-state index contributed by atoms with van der Waals surface area (Å²) < 4.78 is 0. The van der Waals surface area contributed by atoms with Gasteiger partial charge in [-0.25, -0.2) is 0 Å². The van der Waals surface area contributed by atoms with Crippen molar-refractivity contribution in [1.82, 2.24) is 5.32 Å². The van der Waals surface area contributed by atoms with Crippen molar-refractivity contribution in [2.75, 3.05) is 18.4 Å². The topological polar surface area (TPSA) is 61.4 Å². The van der Waals surface area contributed by atoms with Crippen molar-refractivity contribution in [3.63, 3.8) is 0 Å². The predicted octanol–water partition coefficient (Wildman–Crippen LogP) is 1.61. The first-order chi connectivity index (χ1) is 8.27. The number of carboxylic acids is 1. The number of rotatable bonds is 5. The predicted molar refractivity (Wildman–Crippen MR) is 67.2 cm³/mol. The molecule has 3 N–H and O–H groups in total. The number of aliphatic carboxylic acids is 1. The fourth-order valence-corrected chi connectivity index (χ4v) is 2.15. The summed E-state index contributed by atoms with van der Waals surface area (Å²) >= 11 is 0. The minimum Gasteiger partial charge on any atom is -0.481 e. The van der Waals surface area contributed by atoms with E-state index in [2.05, 4.69) is 28.8 Å². The maximum absolute atomic E-state index is 10.4. The number of aryl methyl sites for hydroxylation is 1. The van der Waals surface area contributed by atoms with Crippen LogP contribution in [0.1, 0.15) is 24.0 Å². The molecule has 1 aromatic carbocycles. The van der Waals surface area contributed by atoms with E-state index in [1.54, 1.807) is 0 Å². The van der Waals surface area contributed by atoms with Crippen molar-refractivity contribution in [3.05, 3.63) is 29.3 Å². The highest BCUT2D eigenvalue weighted by molar-refractivity contribution is 5.66. The second kappa shape index (κ2) is 5.68. The SMILES string of the molecule is O=C(O)CCNCc1cccc2c1NCCC2. The van der Waals surface area contributed by atoms with Crippen LogP contribution < -0.4 is 10.6 Å². The molecular weight excluding hydrogens is 216 g/mol. The average molecular weight is 234 g/mol. The van der Waals surface area contributed by atoms with E-state index in [0.29, 0.717) is 6.54 Å². The van der Waals surface area contributed by atoms with E-state index in [-0.39, 0.29) is 6.42 Å². The lowest BCUT2D eigenvalue weighted by molar-refractivity contribution is -0.136. The van der Waals surface area contributed by atoms with Gasteiger partial charge in [0.1, 0.15) is 0 Å². The van der Waals surface area contributed by atoms with Crippen LogP contribution in [0.5, 0.6) is 0 Å². The zero-order chi connectivity index (χ0) is 12.1. The zero-order valence-corrected chi connectivity index (χ0v) is 9.83. The van der Waals surface area contributed by atoms with Crippen LogP contribution >= 0.6 is 0 Å². The number of benzene rings is 1. The molecule has 0 aromatic heterocycles. The maximum Gasteiger partial charge on any atom is 0.304 e. The van der Waals surface area contributed by atoms with Gasteiger partial charge < -0.3 is 15.7 Å². The molecule has 0 amide bonds. The molecule has 0 fully saturated rings. The van der Waals surface area contributed by atoms with Gasteiger partial charge in [0.25, 0.3) is 0 Å². The van der Waals surface area contributed by atoms with Crippen molar-refractivity contribution in [3.8, 4) is 0 Å². The number of para-hydroxylation sites is 1. The van der Waals surface area contributed by atoms with Gasteiger partial charge >= 0.3 is 5.97 Å². The zero-order valence-electron chi connectivity index (χ0n) is 9.83. The molecule has 0 saturated carbocycles. The number of hydrogen-bond acceptors (Lipinski definition) is 3. The van der Waals surface area contributed by atoms with Crippen LogP contribution in [0.15, 0.2) is 18.2 Å². The van der Waals surface area contributed by atoms with E-state index in [1.807, 2.05) is 0 Å². The van der Waals surface area contributed by atoms with Crippen molar-refractivity contribution >= 4 is 11.7 Å². The third-order valence-electron chi connectivity index (χ3n) is 2.99. The Kier molecular flexibility index (Phi) is 3.98. The van der Waals surface area contributed by atoms with Gasteiger partial charge in [0.15, 0.2) is 0 Å². The third-order valence-corrected chi connectivity index (χ3v) is 2.99. The van der Waals surface area contributed by atoms with Crippen molar-refractivity contribution in [1.29, 1.82) is 0 Å². The second-order valence-corrected chi connectivity index (χ2v) is 4.30. The molecule has 0 aliphatic carbocycles. The number of carboxylic acid groups (broad SMARTS) is 1. The number of fused-ring (bicyclic) bond motifs is 1. The van der Waals surface area contributed by atoms with E-state index in [1.165, 1.54) is 23.2 Å². The van der Waals surface area contributed by atoms with Crippen LogP contribution in [-0.2, 0) is 17.8 Å². The molecule has 0 radical (unpaired) electrons. The smallest absolute Gasteiger partial charge is 0.304 e. The van der Waals surface area contributed by atoms with Crippen molar-refractivity contribution < 1.29 is 9.90 Å². The Hall–Kier alpha value is -1.55. The molecule has 2 rings (SSSR count). The molecule has 4 heteroatoms. The molecule has 0 bridgehead atoms. The van der Waals surface area contributed by atoms with Gasteiger partial charge in [0, 0.05) is 25.3 Å². The lowest BCUT2D eigenvalue weighted by atomic mass is 9.99. The van der Waals surface area contributed by atoms with E-state index >= 15 is 0 Å². The Bertz CT molecular complexity index is 404. The molecule has 1 aliphatic heterocycles. The summed E-state index contributed by atoms with van der Waals surface area (Å²) in [6, 6.07) is 6.31. The van der Waals surface area contributed by atoms with Crippen LogP contribution in [0.4, 0.5) is 5.69 Å². The molecule has 17 heavy (non-hydrogen) atoms. The monoisotopic (exact) mass is 234 g/mol. The molecule has 0 spiro atoms. The van der Waals surface area contributed by atoms with Crippen LogP contribution in [-0.4, -0.2) is 24.2 Å². The van der Waals surface area contributed by atoms with Gasteiger partial charge in [0.05, 0.1) is 6.42 Å². The second-order valence-electron chi connectivity index (χ2n) is 4.30. The molecule has 0 atom stereocenters. The lowest BCUT2D eigenvalue weighted by Gasteiger charge is -2.21. The van der Waals surface area contributed by atoms with Gasteiger partial charge in [-0.15, -0.1) is 0 Å². The average Bonchev–Trinajstić information content (AvgIpc) is 2.34. The van der Waals surface area contributed by atoms with Crippen LogP contribution in [0.2, 0.25) is 0 Å². The summed E-state index contributed by atoms with van der Waals surface area (Å²) in [5, 5.41) is 15.1. The summed E-state index contributed by atoms with van der Waals surface area (Å²) in [4.78, 5) is 10.4. The Morgan fingerprint density at radius 1 is 1.47 bits per heavy atom. The van der Waals surface area contributed by atoms with E-state index in [0.717, 1.165) is 19.5 Å². The van der Waals surface area contributed by atoms with Crippen LogP contribution in [0.3, 0.4) is 0 Å². The number of nitrogens with one attached hydrogen (secondary N) is 2. The Morgan fingerprint density at radius 3 is 3.18 bits per heavy atom. The highest BCUT2D eigenvalue weighted by Gasteiger charge is 2.11. The normalized spacial score (nSPS) is 13.9. The lowest BCUT2D eigenvalue weighted by Crippen LogP contribution is -2.20.